The van der Waals surface area contributed by atoms with E-state index >= 15 is 0 Å². The molecule has 1 fully saturated rings. The fourth-order valence-electron chi connectivity index (χ4n) is 3.52. The SMILES string of the molecule is Cc1onc(-c2ccccc2Cl)c1C(=O)OCC(=O)NN1C(=O)N[C@@](C)(c2ccccc2)C1=O. The molecule has 0 saturated carbocycles. The molecule has 4 amide bonds. The van der Waals surface area contributed by atoms with Crippen molar-refractivity contribution in [2.75, 3.05) is 6.61 Å². The minimum absolute atomic E-state index is 0.00699. The molecule has 4 rings (SSSR count). The lowest BCUT2D eigenvalue weighted by Crippen LogP contribution is -2.49. The fraction of sp³-hybridized carbons (Fsp3) is 0.174. The zero-order valence-corrected chi connectivity index (χ0v) is 18.9. The molecule has 10 nitrogen and oxygen atoms in total. The highest BCUT2D eigenvalue weighted by Gasteiger charge is 2.50. The average Bonchev–Trinajstić information content (AvgIpc) is 3.31. The molecule has 0 radical (unpaired) electrons. The summed E-state index contributed by atoms with van der Waals surface area (Å²) in [6.45, 7) is 2.28. The lowest BCUT2D eigenvalue weighted by atomic mass is 9.92. The zero-order chi connectivity index (χ0) is 24.5. The normalized spacial score (nSPS) is 17.4. The summed E-state index contributed by atoms with van der Waals surface area (Å²) in [5.41, 5.74) is 1.99. The van der Waals surface area contributed by atoms with Gasteiger partial charge in [0.2, 0.25) is 0 Å². The van der Waals surface area contributed by atoms with E-state index in [0.717, 1.165) is 0 Å². The minimum atomic E-state index is -1.36. The molecule has 2 heterocycles. The van der Waals surface area contributed by atoms with Crippen molar-refractivity contribution in [1.29, 1.82) is 0 Å². The Kier molecular flexibility index (Phi) is 6.08. The molecule has 11 heteroatoms. The molecule has 0 unspecified atom stereocenters. The van der Waals surface area contributed by atoms with Crippen molar-refractivity contribution in [3.8, 4) is 11.3 Å². The van der Waals surface area contributed by atoms with E-state index in [2.05, 4.69) is 15.9 Å². The fourth-order valence-corrected chi connectivity index (χ4v) is 3.74. The van der Waals surface area contributed by atoms with Crippen molar-refractivity contribution < 1.29 is 28.4 Å². The number of rotatable bonds is 6. The van der Waals surface area contributed by atoms with E-state index in [1.807, 2.05) is 0 Å². The van der Waals surface area contributed by atoms with Gasteiger partial charge >= 0.3 is 12.0 Å². The Bertz CT molecular complexity index is 1290. The molecule has 1 aliphatic rings. The van der Waals surface area contributed by atoms with Gasteiger partial charge in [-0.2, -0.15) is 5.01 Å². The van der Waals surface area contributed by atoms with Crippen LogP contribution in [0.15, 0.2) is 59.1 Å². The van der Waals surface area contributed by atoms with Crippen LogP contribution in [0, 0.1) is 6.92 Å². The predicted octanol–water partition coefficient (Wildman–Crippen LogP) is 2.96. The highest BCUT2D eigenvalue weighted by atomic mass is 35.5. The summed E-state index contributed by atoms with van der Waals surface area (Å²) >= 11 is 6.19. The van der Waals surface area contributed by atoms with E-state index in [9.17, 15) is 19.2 Å². The molecule has 0 aliphatic carbocycles. The number of aryl methyl sites for hydroxylation is 1. The molecule has 1 aliphatic heterocycles. The van der Waals surface area contributed by atoms with E-state index in [-0.39, 0.29) is 17.0 Å². The van der Waals surface area contributed by atoms with Crippen LogP contribution in [0.1, 0.15) is 28.6 Å². The Balaban J connectivity index is 1.43. The maximum absolute atomic E-state index is 12.9. The second-order valence-corrected chi connectivity index (χ2v) is 8.02. The van der Waals surface area contributed by atoms with Crippen LogP contribution in [0.3, 0.4) is 0 Å². The first-order chi connectivity index (χ1) is 16.2. The maximum Gasteiger partial charge on any atom is 0.344 e. The molecular formula is C23H19ClN4O6. The molecule has 0 bridgehead atoms. The van der Waals surface area contributed by atoms with Crippen molar-refractivity contribution >= 4 is 35.4 Å². The number of ether oxygens (including phenoxy) is 1. The summed E-state index contributed by atoms with van der Waals surface area (Å²) in [6, 6.07) is 14.5. The van der Waals surface area contributed by atoms with Crippen LogP contribution in [0.5, 0.6) is 0 Å². The third kappa shape index (κ3) is 4.11. The van der Waals surface area contributed by atoms with E-state index in [1.165, 1.54) is 13.8 Å². The smallest absolute Gasteiger partial charge is 0.344 e. The average molecular weight is 483 g/mol. The number of imide groups is 1. The molecule has 2 N–H and O–H groups in total. The lowest BCUT2D eigenvalue weighted by molar-refractivity contribution is -0.140. The molecular weight excluding hydrogens is 464 g/mol. The van der Waals surface area contributed by atoms with Gasteiger partial charge in [0.15, 0.2) is 6.61 Å². The quantitative estimate of drug-likeness (QED) is 0.408. The number of hydrogen-bond donors (Lipinski definition) is 2. The second-order valence-electron chi connectivity index (χ2n) is 7.62. The van der Waals surface area contributed by atoms with Gasteiger partial charge in [0.05, 0.1) is 5.02 Å². The first-order valence-corrected chi connectivity index (χ1v) is 10.5. The number of amides is 4. The molecule has 1 atom stereocenters. The largest absolute Gasteiger partial charge is 0.452 e. The Morgan fingerprint density at radius 2 is 1.82 bits per heavy atom. The Morgan fingerprint density at radius 3 is 2.53 bits per heavy atom. The highest BCUT2D eigenvalue weighted by Crippen LogP contribution is 2.31. The third-order valence-corrected chi connectivity index (χ3v) is 5.64. The summed E-state index contributed by atoms with van der Waals surface area (Å²) in [7, 11) is 0. The first-order valence-electron chi connectivity index (χ1n) is 10.1. The van der Waals surface area contributed by atoms with Gasteiger partial charge in [-0.3, -0.25) is 15.0 Å². The van der Waals surface area contributed by atoms with E-state index in [4.69, 9.17) is 20.9 Å². The van der Waals surface area contributed by atoms with Gasteiger partial charge in [-0.25, -0.2) is 9.59 Å². The Labute approximate surface area is 198 Å². The summed E-state index contributed by atoms with van der Waals surface area (Å²) < 4.78 is 10.2. The van der Waals surface area contributed by atoms with Gasteiger partial charge in [0, 0.05) is 5.56 Å². The van der Waals surface area contributed by atoms with Crippen molar-refractivity contribution in [1.82, 2.24) is 20.9 Å². The van der Waals surface area contributed by atoms with Crippen molar-refractivity contribution in [2.24, 2.45) is 0 Å². The number of halogens is 1. The van der Waals surface area contributed by atoms with E-state index in [1.54, 1.807) is 54.6 Å². The Morgan fingerprint density at radius 1 is 1.15 bits per heavy atom. The van der Waals surface area contributed by atoms with Crippen LogP contribution in [-0.4, -0.2) is 40.6 Å². The maximum atomic E-state index is 12.9. The molecule has 174 valence electrons. The van der Waals surface area contributed by atoms with Crippen molar-refractivity contribution in [3.05, 3.63) is 76.5 Å². The van der Waals surface area contributed by atoms with Crippen LogP contribution in [0.4, 0.5) is 4.79 Å². The van der Waals surface area contributed by atoms with Crippen molar-refractivity contribution in [3.63, 3.8) is 0 Å². The standard InChI is InChI=1S/C23H19ClN4O6/c1-13-18(19(27-34-13)15-10-6-7-11-16(15)24)20(30)33-12-17(29)26-28-21(31)23(2,25-22(28)32)14-8-4-3-5-9-14/h3-11H,12H2,1-2H3,(H,25,32)(H,26,29)/t23-/m0/s1. The Hall–Kier alpha value is -4.18. The number of urea groups is 1. The number of esters is 1. The second kappa shape index (κ2) is 8.99. The number of hydrazine groups is 1. The number of aromatic nitrogens is 1. The monoisotopic (exact) mass is 482 g/mol. The number of nitrogens with zero attached hydrogens (tertiary/aromatic N) is 2. The van der Waals surface area contributed by atoms with Gasteiger partial charge < -0.3 is 14.6 Å². The lowest BCUT2D eigenvalue weighted by Gasteiger charge is -2.22. The van der Waals surface area contributed by atoms with Gasteiger partial charge in [0.1, 0.15) is 22.6 Å². The molecule has 0 spiro atoms. The predicted molar refractivity (Wildman–Crippen MR) is 119 cm³/mol. The number of hydrogen-bond acceptors (Lipinski definition) is 7. The molecule has 1 aromatic heterocycles. The first kappa shape index (κ1) is 23.0. The molecule has 2 aromatic carbocycles. The van der Waals surface area contributed by atoms with Crippen LogP contribution >= 0.6 is 11.6 Å². The van der Waals surface area contributed by atoms with Crippen LogP contribution in [0.25, 0.3) is 11.3 Å². The zero-order valence-electron chi connectivity index (χ0n) is 18.1. The summed E-state index contributed by atoms with van der Waals surface area (Å²) in [6.07, 6.45) is 0. The number of nitrogens with one attached hydrogen (secondary N) is 2. The van der Waals surface area contributed by atoms with Gasteiger partial charge in [-0.1, -0.05) is 65.3 Å². The van der Waals surface area contributed by atoms with Crippen LogP contribution < -0.4 is 10.7 Å². The molecule has 3 aromatic rings. The van der Waals surface area contributed by atoms with Crippen LogP contribution in [0.2, 0.25) is 5.02 Å². The topological polar surface area (TPSA) is 131 Å². The molecule has 34 heavy (non-hydrogen) atoms. The third-order valence-electron chi connectivity index (χ3n) is 5.31. The number of carbonyl (C=O) groups is 4. The van der Waals surface area contributed by atoms with Crippen molar-refractivity contribution in [2.45, 2.75) is 19.4 Å². The summed E-state index contributed by atoms with van der Waals surface area (Å²) in [5, 5.41) is 7.34. The molecule has 1 saturated heterocycles. The number of carbonyl (C=O) groups excluding carboxylic acids is 4. The van der Waals surface area contributed by atoms with Gasteiger partial charge in [0.25, 0.3) is 11.8 Å². The summed E-state index contributed by atoms with van der Waals surface area (Å²) in [5.74, 6) is -2.27. The number of benzene rings is 2. The highest BCUT2D eigenvalue weighted by molar-refractivity contribution is 6.33. The van der Waals surface area contributed by atoms with E-state index in [0.29, 0.717) is 21.2 Å². The van der Waals surface area contributed by atoms with E-state index < -0.39 is 36.0 Å². The van der Waals surface area contributed by atoms with Crippen LogP contribution in [-0.2, 0) is 19.9 Å². The van der Waals surface area contributed by atoms with Gasteiger partial charge in [-0.05, 0) is 25.5 Å². The minimum Gasteiger partial charge on any atom is -0.452 e. The summed E-state index contributed by atoms with van der Waals surface area (Å²) in [4.78, 5) is 50.3. The van der Waals surface area contributed by atoms with Gasteiger partial charge in [-0.15, -0.1) is 0 Å².